The molecule has 0 saturated heterocycles. The van der Waals surface area contributed by atoms with E-state index in [0.29, 0.717) is 11.4 Å². The first-order valence-corrected chi connectivity index (χ1v) is 8.08. The normalized spacial score (nSPS) is 13.4. The van der Waals surface area contributed by atoms with Crippen molar-refractivity contribution in [2.24, 2.45) is 0 Å². The van der Waals surface area contributed by atoms with E-state index in [2.05, 4.69) is 32.4 Å². The molecule has 2 N–H and O–H groups in total. The fraction of sp³-hybridized carbons (Fsp3) is 0.158. The summed E-state index contributed by atoms with van der Waals surface area (Å²) in [5, 5.41) is 2.93. The number of carbonyl (C=O) groups excluding carboxylic acids is 1. The predicted octanol–water partition coefficient (Wildman–Crippen LogP) is 1.73. The molecule has 1 aliphatic carbocycles. The monoisotopic (exact) mass is 332 g/mol. The molecule has 124 valence electrons. The fourth-order valence-corrected chi connectivity index (χ4v) is 3.13. The van der Waals surface area contributed by atoms with Gasteiger partial charge in [-0.3, -0.25) is 14.6 Å². The van der Waals surface area contributed by atoms with Gasteiger partial charge in [0, 0.05) is 30.2 Å². The van der Waals surface area contributed by atoms with Crippen LogP contribution in [0.3, 0.4) is 0 Å². The number of nitrogens with zero attached hydrogens (tertiary/aromatic N) is 2. The van der Waals surface area contributed by atoms with Crippen LogP contribution in [0.4, 0.5) is 0 Å². The van der Waals surface area contributed by atoms with Crippen molar-refractivity contribution in [2.75, 3.05) is 0 Å². The highest BCUT2D eigenvalue weighted by atomic mass is 16.2. The summed E-state index contributed by atoms with van der Waals surface area (Å²) in [5.41, 5.74) is 2.74. The molecule has 0 atom stereocenters. The Morgan fingerprint density at radius 2 is 1.84 bits per heavy atom. The van der Waals surface area contributed by atoms with Crippen molar-refractivity contribution in [1.82, 2.24) is 20.3 Å². The molecule has 0 saturated carbocycles. The highest BCUT2D eigenvalue weighted by Gasteiger charge is 2.24. The van der Waals surface area contributed by atoms with Gasteiger partial charge in [-0.15, -0.1) is 0 Å². The minimum Gasteiger partial charge on any atom is -0.348 e. The van der Waals surface area contributed by atoms with Crippen LogP contribution in [0.1, 0.15) is 21.5 Å². The maximum Gasteiger partial charge on any atom is 0.264 e. The smallest absolute Gasteiger partial charge is 0.264 e. The second-order valence-electron chi connectivity index (χ2n) is 6.06. The Hall–Kier alpha value is -3.28. The number of hydrogen-bond acceptors (Lipinski definition) is 4. The maximum absolute atomic E-state index is 12.4. The van der Waals surface area contributed by atoms with Gasteiger partial charge in [0.25, 0.3) is 11.5 Å². The third-order valence-corrected chi connectivity index (χ3v) is 4.37. The summed E-state index contributed by atoms with van der Waals surface area (Å²) in [7, 11) is 0. The second-order valence-corrected chi connectivity index (χ2v) is 6.06. The summed E-state index contributed by atoms with van der Waals surface area (Å²) in [6.45, 7) is 0. The van der Waals surface area contributed by atoms with E-state index in [4.69, 9.17) is 0 Å². The number of benzene rings is 1. The Morgan fingerprint density at radius 3 is 2.48 bits per heavy atom. The number of nitrogens with one attached hydrogen (secondary N) is 2. The molecular formula is C19H16N4O2. The van der Waals surface area contributed by atoms with Crippen LogP contribution in [0, 0.1) is 0 Å². The van der Waals surface area contributed by atoms with E-state index >= 15 is 0 Å². The molecule has 0 spiro atoms. The third-order valence-electron chi connectivity index (χ3n) is 4.37. The third kappa shape index (κ3) is 3.06. The van der Waals surface area contributed by atoms with Gasteiger partial charge in [-0.1, -0.05) is 24.3 Å². The van der Waals surface area contributed by atoms with E-state index < -0.39 is 11.5 Å². The van der Waals surface area contributed by atoms with E-state index in [1.54, 1.807) is 24.5 Å². The Kier molecular flexibility index (Phi) is 3.85. The van der Waals surface area contributed by atoms with Crippen LogP contribution in [0.15, 0.2) is 59.8 Å². The van der Waals surface area contributed by atoms with Crippen molar-refractivity contribution >= 4 is 5.91 Å². The van der Waals surface area contributed by atoms with Crippen LogP contribution >= 0.6 is 0 Å². The first-order valence-electron chi connectivity index (χ1n) is 8.08. The summed E-state index contributed by atoms with van der Waals surface area (Å²) in [6, 6.07) is 11.7. The molecule has 6 heteroatoms. The molecule has 25 heavy (non-hydrogen) atoms. The lowest BCUT2D eigenvalue weighted by Gasteiger charge is -2.11. The molecule has 0 bridgehead atoms. The van der Waals surface area contributed by atoms with Gasteiger partial charge < -0.3 is 10.3 Å². The number of amides is 1. The van der Waals surface area contributed by atoms with Gasteiger partial charge >= 0.3 is 0 Å². The van der Waals surface area contributed by atoms with E-state index in [0.717, 1.165) is 12.8 Å². The van der Waals surface area contributed by atoms with E-state index in [9.17, 15) is 9.59 Å². The molecule has 1 aliphatic rings. The molecule has 1 aromatic carbocycles. The van der Waals surface area contributed by atoms with Crippen molar-refractivity contribution in [1.29, 1.82) is 0 Å². The molecule has 6 nitrogen and oxygen atoms in total. The lowest BCUT2D eigenvalue weighted by atomic mass is 10.1. The zero-order chi connectivity index (χ0) is 17.2. The zero-order valence-corrected chi connectivity index (χ0v) is 13.4. The van der Waals surface area contributed by atoms with Crippen molar-refractivity contribution < 1.29 is 4.79 Å². The van der Waals surface area contributed by atoms with Gasteiger partial charge in [0.2, 0.25) is 0 Å². The number of aromatic nitrogens is 3. The molecule has 1 amide bonds. The van der Waals surface area contributed by atoms with Gasteiger partial charge in [0.15, 0.2) is 0 Å². The predicted molar refractivity (Wildman–Crippen MR) is 93.2 cm³/mol. The first kappa shape index (κ1) is 15.3. The van der Waals surface area contributed by atoms with E-state index in [-0.39, 0.29) is 11.6 Å². The maximum atomic E-state index is 12.4. The minimum atomic E-state index is -0.457. The molecule has 0 fully saturated rings. The Bertz CT molecular complexity index is 957. The van der Waals surface area contributed by atoms with Crippen LogP contribution in [0.2, 0.25) is 0 Å². The molecule has 2 aromatic heterocycles. The number of pyridine rings is 1. The first-order chi connectivity index (χ1) is 12.2. The molecule has 0 aliphatic heterocycles. The molecular weight excluding hydrogens is 316 g/mol. The van der Waals surface area contributed by atoms with Gasteiger partial charge in [0.1, 0.15) is 11.4 Å². The topological polar surface area (TPSA) is 87.7 Å². The number of rotatable bonds is 3. The van der Waals surface area contributed by atoms with Crippen LogP contribution < -0.4 is 10.9 Å². The van der Waals surface area contributed by atoms with Gasteiger partial charge in [-0.05, 0) is 36.1 Å². The average Bonchev–Trinajstić information content (AvgIpc) is 3.04. The lowest BCUT2D eigenvalue weighted by Crippen LogP contribution is -2.38. The number of hydrogen-bond donors (Lipinski definition) is 2. The second kappa shape index (κ2) is 6.32. The molecule has 2 heterocycles. The van der Waals surface area contributed by atoms with Crippen molar-refractivity contribution in [2.45, 2.75) is 18.9 Å². The van der Waals surface area contributed by atoms with Crippen LogP contribution in [-0.4, -0.2) is 26.9 Å². The molecule has 4 rings (SSSR count). The Morgan fingerprint density at radius 1 is 1.08 bits per heavy atom. The SMILES string of the molecule is O=C(NC1Cc2ccccc2C1)c1cnc(-c2cccnc2)[nH]c1=O. The highest BCUT2D eigenvalue weighted by molar-refractivity contribution is 5.93. The van der Waals surface area contributed by atoms with Crippen molar-refractivity contribution in [3.05, 3.63) is 82.0 Å². The Balaban J connectivity index is 1.51. The summed E-state index contributed by atoms with van der Waals surface area (Å²) < 4.78 is 0. The van der Waals surface area contributed by atoms with Crippen LogP contribution in [0.5, 0.6) is 0 Å². The Labute approximate surface area is 144 Å². The molecule has 3 aromatic rings. The number of aromatic amines is 1. The quantitative estimate of drug-likeness (QED) is 0.764. The van der Waals surface area contributed by atoms with Gasteiger partial charge in [-0.25, -0.2) is 4.98 Å². The summed E-state index contributed by atoms with van der Waals surface area (Å²) in [5.74, 6) is -0.00721. The lowest BCUT2D eigenvalue weighted by molar-refractivity contribution is 0.0936. The zero-order valence-electron chi connectivity index (χ0n) is 13.4. The highest BCUT2D eigenvalue weighted by Crippen LogP contribution is 2.21. The van der Waals surface area contributed by atoms with E-state index in [1.807, 2.05) is 12.1 Å². The van der Waals surface area contributed by atoms with Crippen LogP contribution in [-0.2, 0) is 12.8 Å². The average molecular weight is 332 g/mol. The van der Waals surface area contributed by atoms with Crippen LogP contribution in [0.25, 0.3) is 11.4 Å². The molecule has 0 radical (unpaired) electrons. The summed E-state index contributed by atoms with van der Waals surface area (Å²) >= 11 is 0. The number of carbonyl (C=O) groups is 1. The number of fused-ring (bicyclic) bond motifs is 1. The van der Waals surface area contributed by atoms with Gasteiger partial charge in [-0.2, -0.15) is 0 Å². The number of H-pyrrole nitrogens is 1. The van der Waals surface area contributed by atoms with Crippen molar-refractivity contribution in [3.8, 4) is 11.4 Å². The summed E-state index contributed by atoms with van der Waals surface area (Å²) in [4.78, 5) is 35.5. The van der Waals surface area contributed by atoms with E-state index in [1.165, 1.54) is 17.3 Å². The minimum absolute atomic E-state index is 0.00213. The largest absolute Gasteiger partial charge is 0.348 e. The van der Waals surface area contributed by atoms with Gasteiger partial charge in [0.05, 0.1) is 0 Å². The fourth-order valence-electron chi connectivity index (χ4n) is 3.13. The van der Waals surface area contributed by atoms with Crippen molar-refractivity contribution in [3.63, 3.8) is 0 Å². The summed E-state index contributed by atoms with van der Waals surface area (Å²) in [6.07, 6.45) is 6.12. The standard InChI is InChI=1S/C19H16N4O2/c24-18(22-15-8-12-4-1-2-5-13(12)9-15)16-11-21-17(23-19(16)25)14-6-3-7-20-10-14/h1-7,10-11,15H,8-9H2,(H,22,24)(H,21,23,25). The molecule has 0 unspecified atom stereocenters.